The molecular formula is C13H17ClN4. The monoisotopic (exact) mass is 264 g/mol. The van der Waals surface area contributed by atoms with Gasteiger partial charge >= 0.3 is 0 Å². The normalized spacial score (nSPS) is 12.6. The van der Waals surface area contributed by atoms with Gasteiger partial charge in [-0.2, -0.15) is 5.10 Å². The second-order valence-electron chi connectivity index (χ2n) is 3.99. The lowest BCUT2D eigenvalue weighted by molar-refractivity contribution is 0.526. The first-order valence-corrected chi connectivity index (χ1v) is 6.59. The van der Waals surface area contributed by atoms with E-state index in [0.29, 0.717) is 12.4 Å². The summed E-state index contributed by atoms with van der Waals surface area (Å²) in [6.07, 6.45) is 1.58. The zero-order valence-electron chi connectivity index (χ0n) is 10.4. The molecule has 5 heteroatoms. The van der Waals surface area contributed by atoms with Crippen LogP contribution in [0.1, 0.15) is 24.4 Å². The third-order valence-electron chi connectivity index (χ3n) is 2.86. The Morgan fingerprint density at radius 1 is 1.33 bits per heavy atom. The van der Waals surface area contributed by atoms with Crippen LogP contribution in [0.2, 0.25) is 0 Å². The van der Waals surface area contributed by atoms with Crippen LogP contribution in [0.15, 0.2) is 36.7 Å². The molecule has 0 fully saturated rings. The van der Waals surface area contributed by atoms with E-state index in [1.165, 1.54) is 5.56 Å². The highest BCUT2D eigenvalue weighted by Gasteiger charge is 2.10. The van der Waals surface area contributed by atoms with Crippen LogP contribution >= 0.6 is 11.6 Å². The van der Waals surface area contributed by atoms with Crippen molar-refractivity contribution in [1.29, 1.82) is 0 Å². The molecule has 0 saturated carbocycles. The topological polar surface area (TPSA) is 42.7 Å². The van der Waals surface area contributed by atoms with Gasteiger partial charge in [-0.1, -0.05) is 30.3 Å². The Labute approximate surface area is 112 Å². The number of benzene rings is 1. The van der Waals surface area contributed by atoms with Crippen LogP contribution in [0.3, 0.4) is 0 Å². The van der Waals surface area contributed by atoms with Crippen molar-refractivity contribution >= 4 is 11.6 Å². The molecule has 1 atom stereocenters. The zero-order valence-corrected chi connectivity index (χ0v) is 11.1. The Morgan fingerprint density at radius 2 is 2.11 bits per heavy atom. The van der Waals surface area contributed by atoms with Gasteiger partial charge in [0.2, 0.25) is 0 Å². The highest BCUT2D eigenvalue weighted by molar-refractivity contribution is 6.18. The number of aromatic nitrogens is 3. The summed E-state index contributed by atoms with van der Waals surface area (Å²) >= 11 is 6.01. The third-order valence-corrected chi connectivity index (χ3v) is 3.17. The van der Waals surface area contributed by atoms with Crippen molar-refractivity contribution in [2.45, 2.75) is 26.1 Å². The van der Waals surface area contributed by atoms with Crippen LogP contribution < -0.4 is 5.32 Å². The molecule has 0 amide bonds. The van der Waals surface area contributed by atoms with E-state index in [1.807, 2.05) is 22.9 Å². The average molecular weight is 265 g/mol. The minimum absolute atomic E-state index is 0.134. The average Bonchev–Trinajstić information content (AvgIpc) is 2.88. The maximum Gasteiger partial charge on any atom is 0.140 e. The van der Waals surface area contributed by atoms with Crippen LogP contribution in [-0.4, -0.2) is 20.6 Å². The van der Waals surface area contributed by atoms with Gasteiger partial charge in [-0.15, -0.1) is 11.6 Å². The van der Waals surface area contributed by atoms with E-state index in [0.717, 1.165) is 12.4 Å². The minimum Gasteiger partial charge on any atom is -0.302 e. The molecular weight excluding hydrogens is 248 g/mol. The Balaban J connectivity index is 2.00. The molecule has 0 saturated heterocycles. The number of alkyl halides is 1. The Hall–Kier alpha value is -1.39. The highest BCUT2D eigenvalue weighted by atomic mass is 35.5. The summed E-state index contributed by atoms with van der Waals surface area (Å²) in [5.41, 5.74) is 1.19. The molecule has 0 aliphatic carbocycles. The molecule has 96 valence electrons. The smallest absolute Gasteiger partial charge is 0.140 e. The lowest BCUT2D eigenvalue weighted by Crippen LogP contribution is -2.24. The van der Waals surface area contributed by atoms with E-state index < -0.39 is 0 Å². The van der Waals surface area contributed by atoms with Crippen molar-refractivity contribution in [2.24, 2.45) is 0 Å². The molecule has 2 aromatic rings. The predicted octanol–water partition coefficient (Wildman–Crippen LogP) is 2.37. The number of hydrogen-bond acceptors (Lipinski definition) is 3. The van der Waals surface area contributed by atoms with Crippen molar-refractivity contribution in [3.63, 3.8) is 0 Å². The van der Waals surface area contributed by atoms with Gasteiger partial charge in [0.05, 0.1) is 6.54 Å². The molecule has 1 N–H and O–H groups in total. The zero-order chi connectivity index (χ0) is 12.8. The Bertz CT molecular complexity index is 469. The molecule has 18 heavy (non-hydrogen) atoms. The fraction of sp³-hybridized carbons (Fsp3) is 0.385. The second kappa shape index (κ2) is 6.52. The number of hydrogen-bond donors (Lipinski definition) is 1. The number of halogens is 1. The molecule has 0 bridgehead atoms. The van der Waals surface area contributed by atoms with E-state index in [-0.39, 0.29) is 6.04 Å². The predicted molar refractivity (Wildman–Crippen MR) is 72.4 cm³/mol. The SMILES string of the molecule is CCn1ncnc1CNC(CCl)c1ccccc1. The summed E-state index contributed by atoms with van der Waals surface area (Å²) in [4.78, 5) is 4.23. The molecule has 1 unspecified atom stereocenters. The molecule has 1 heterocycles. The number of nitrogens with one attached hydrogen (secondary N) is 1. The van der Waals surface area contributed by atoms with Crippen LogP contribution in [0, 0.1) is 0 Å². The lowest BCUT2D eigenvalue weighted by atomic mass is 10.1. The molecule has 4 nitrogen and oxygen atoms in total. The summed E-state index contributed by atoms with van der Waals surface area (Å²) in [7, 11) is 0. The molecule has 2 rings (SSSR count). The van der Waals surface area contributed by atoms with E-state index in [9.17, 15) is 0 Å². The van der Waals surface area contributed by atoms with Crippen LogP contribution in [0.25, 0.3) is 0 Å². The molecule has 0 aliphatic rings. The largest absolute Gasteiger partial charge is 0.302 e. The molecule has 1 aromatic heterocycles. The molecule has 0 radical (unpaired) electrons. The van der Waals surface area contributed by atoms with Crippen molar-refractivity contribution < 1.29 is 0 Å². The summed E-state index contributed by atoms with van der Waals surface area (Å²) in [6.45, 7) is 3.54. The van der Waals surface area contributed by atoms with Gasteiger partial charge in [-0.3, -0.25) is 0 Å². The number of nitrogens with zero attached hydrogens (tertiary/aromatic N) is 3. The molecule has 0 spiro atoms. The van der Waals surface area contributed by atoms with Crippen molar-refractivity contribution in [3.05, 3.63) is 48.0 Å². The van der Waals surface area contributed by atoms with Gasteiger partial charge in [-0.05, 0) is 12.5 Å². The van der Waals surface area contributed by atoms with Crippen molar-refractivity contribution in [1.82, 2.24) is 20.1 Å². The third kappa shape index (κ3) is 3.09. The highest BCUT2D eigenvalue weighted by Crippen LogP contribution is 2.14. The van der Waals surface area contributed by atoms with Gasteiger partial charge in [0.15, 0.2) is 0 Å². The van der Waals surface area contributed by atoms with Gasteiger partial charge in [0, 0.05) is 18.5 Å². The van der Waals surface area contributed by atoms with Crippen molar-refractivity contribution in [2.75, 3.05) is 5.88 Å². The van der Waals surface area contributed by atoms with Crippen LogP contribution in [0.5, 0.6) is 0 Å². The lowest BCUT2D eigenvalue weighted by Gasteiger charge is -2.16. The minimum atomic E-state index is 0.134. The van der Waals surface area contributed by atoms with E-state index in [4.69, 9.17) is 11.6 Å². The van der Waals surface area contributed by atoms with E-state index >= 15 is 0 Å². The summed E-state index contributed by atoms with van der Waals surface area (Å²) in [6, 6.07) is 10.3. The van der Waals surface area contributed by atoms with E-state index in [1.54, 1.807) is 6.33 Å². The summed E-state index contributed by atoms with van der Waals surface area (Å²) < 4.78 is 1.88. The summed E-state index contributed by atoms with van der Waals surface area (Å²) in [5, 5.41) is 7.55. The quantitative estimate of drug-likeness (QED) is 0.815. The van der Waals surface area contributed by atoms with Crippen molar-refractivity contribution in [3.8, 4) is 0 Å². The fourth-order valence-corrected chi connectivity index (χ4v) is 2.14. The molecule has 0 aliphatic heterocycles. The van der Waals surface area contributed by atoms with Gasteiger partial charge in [-0.25, -0.2) is 9.67 Å². The van der Waals surface area contributed by atoms with Crippen LogP contribution in [0.4, 0.5) is 0 Å². The van der Waals surface area contributed by atoms with Gasteiger partial charge in [0.25, 0.3) is 0 Å². The first kappa shape index (κ1) is 13.1. The summed E-state index contributed by atoms with van der Waals surface area (Å²) in [5.74, 6) is 1.47. The Morgan fingerprint density at radius 3 is 2.78 bits per heavy atom. The first-order chi connectivity index (χ1) is 8.85. The van der Waals surface area contributed by atoms with Gasteiger partial charge < -0.3 is 5.32 Å². The first-order valence-electron chi connectivity index (χ1n) is 6.06. The maximum atomic E-state index is 6.01. The fourth-order valence-electron chi connectivity index (χ4n) is 1.85. The Kier molecular flexibility index (Phi) is 4.73. The van der Waals surface area contributed by atoms with Crippen LogP contribution in [-0.2, 0) is 13.1 Å². The maximum absolute atomic E-state index is 6.01. The number of aryl methyl sites for hydroxylation is 1. The second-order valence-corrected chi connectivity index (χ2v) is 4.30. The standard InChI is InChI=1S/C13H17ClN4/c1-2-18-13(16-10-17-18)9-15-12(8-14)11-6-4-3-5-7-11/h3-7,10,12,15H,2,8-9H2,1H3. The van der Waals surface area contributed by atoms with Gasteiger partial charge in [0.1, 0.15) is 12.2 Å². The van der Waals surface area contributed by atoms with E-state index in [2.05, 4.69) is 34.5 Å². The molecule has 1 aromatic carbocycles. The number of rotatable bonds is 6.